The maximum Gasteiger partial charge on any atom is 0.182 e. The molecule has 1 unspecified atom stereocenters. The first-order valence-corrected chi connectivity index (χ1v) is 7.90. The van der Waals surface area contributed by atoms with Crippen LogP contribution in [0.5, 0.6) is 0 Å². The lowest BCUT2D eigenvalue weighted by atomic mass is 9.90. The summed E-state index contributed by atoms with van der Waals surface area (Å²) in [6.45, 7) is 10.7. The minimum absolute atomic E-state index is 0.342. The summed E-state index contributed by atoms with van der Waals surface area (Å²) in [6.07, 6.45) is 1.99. The predicted molar refractivity (Wildman–Crippen MR) is 57.7 cm³/mol. The predicted octanol–water partition coefficient (Wildman–Crippen LogP) is 2.96. The van der Waals surface area contributed by atoms with Crippen molar-refractivity contribution >= 4 is 9.04 Å². The normalized spacial score (nSPS) is 15.0. The molecule has 0 spiro atoms. The van der Waals surface area contributed by atoms with E-state index in [1.54, 1.807) is 0 Å². The second kappa shape index (κ2) is 5.78. The zero-order chi connectivity index (χ0) is 10.5. The van der Waals surface area contributed by atoms with Crippen LogP contribution < -0.4 is 0 Å². The van der Waals surface area contributed by atoms with Crippen LogP contribution in [0.4, 0.5) is 0 Å². The molecule has 0 rings (SSSR count). The Labute approximate surface area is 84.0 Å². The zero-order valence-electron chi connectivity index (χ0n) is 9.59. The lowest BCUT2D eigenvalue weighted by Gasteiger charge is -2.19. The van der Waals surface area contributed by atoms with E-state index in [0.29, 0.717) is 11.8 Å². The average molecular weight is 203 g/mol. The van der Waals surface area contributed by atoms with Crippen molar-refractivity contribution in [3.63, 3.8) is 0 Å². The molecule has 0 heterocycles. The van der Waals surface area contributed by atoms with Gasteiger partial charge in [0.15, 0.2) is 15.3 Å². The van der Waals surface area contributed by atoms with Gasteiger partial charge in [-0.3, -0.25) is 0 Å². The van der Waals surface area contributed by atoms with Gasteiger partial charge < -0.3 is 4.43 Å². The van der Waals surface area contributed by atoms with Crippen LogP contribution in [0.25, 0.3) is 0 Å². The Morgan fingerprint density at radius 2 is 1.85 bits per heavy atom. The van der Waals surface area contributed by atoms with Gasteiger partial charge in [0, 0.05) is 6.42 Å². The molecule has 0 N–H and O–H groups in total. The van der Waals surface area contributed by atoms with Gasteiger partial charge in [0.05, 0.1) is 0 Å². The van der Waals surface area contributed by atoms with Crippen LogP contribution >= 0.6 is 0 Å². The molecule has 1 atom stereocenters. The van der Waals surface area contributed by atoms with Gasteiger partial charge in [0.1, 0.15) is 0 Å². The van der Waals surface area contributed by atoms with Crippen LogP contribution in [-0.4, -0.2) is 15.3 Å². The summed E-state index contributed by atoms with van der Waals surface area (Å²) < 4.78 is 5.25. The highest BCUT2D eigenvalue weighted by molar-refractivity contribution is 6.48. The van der Waals surface area contributed by atoms with Gasteiger partial charge in [-0.05, 0) is 31.4 Å². The first-order valence-electron chi connectivity index (χ1n) is 5.12. The van der Waals surface area contributed by atoms with Gasteiger partial charge in [-0.25, -0.2) is 5.11 Å². The molecule has 0 bridgehead atoms. The Bertz CT molecular complexity index is 129. The van der Waals surface area contributed by atoms with Crippen molar-refractivity contribution < 1.29 is 9.53 Å². The molecule has 0 amide bonds. The largest absolute Gasteiger partial charge is 0.394 e. The Morgan fingerprint density at radius 1 is 1.31 bits per heavy atom. The van der Waals surface area contributed by atoms with Crippen molar-refractivity contribution in [3.8, 4) is 0 Å². The van der Waals surface area contributed by atoms with Crippen LogP contribution in [0.3, 0.4) is 0 Å². The summed E-state index contributed by atoms with van der Waals surface area (Å²) in [5.41, 5.74) is 0.342. The standard InChI is InChI=1S/C10H23O2Si/c1-10(2,3)8-6-7-9(11)12-13(4)5/h9,13H,6-8H2,1-5H3. The lowest BCUT2D eigenvalue weighted by Crippen LogP contribution is -2.19. The van der Waals surface area contributed by atoms with E-state index in [-0.39, 0.29) is 0 Å². The molecule has 0 aliphatic heterocycles. The molecular weight excluding hydrogens is 180 g/mol. The third kappa shape index (κ3) is 10.1. The van der Waals surface area contributed by atoms with Crippen molar-refractivity contribution in [1.82, 2.24) is 0 Å². The van der Waals surface area contributed by atoms with Crippen molar-refractivity contribution in [2.45, 2.75) is 59.4 Å². The van der Waals surface area contributed by atoms with E-state index < -0.39 is 15.3 Å². The van der Waals surface area contributed by atoms with Gasteiger partial charge in [0.25, 0.3) is 0 Å². The molecule has 0 aliphatic carbocycles. The van der Waals surface area contributed by atoms with E-state index in [9.17, 15) is 5.11 Å². The van der Waals surface area contributed by atoms with Crippen molar-refractivity contribution in [1.29, 1.82) is 0 Å². The number of rotatable bonds is 5. The second-order valence-electron chi connectivity index (χ2n) is 5.07. The highest BCUT2D eigenvalue weighted by Crippen LogP contribution is 2.22. The zero-order valence-corrected chi connectivity index (χ0v) is 10.7. The van der Waals surface area contributed by atoms with Gasteiger partial charge in [-0.2, -0.15) is 0 Å². The maximum atomic E-state index is 11.2. The lowest BCUT2D eigenvalue weighted by molar-refractivity contribution is -0.0795. The molecule has 0 aromatic rings. The molecular formula is C10H23O2Si. The van der Waals surface area contributed by atoms with Gasteiger partial charge in [-0.1, -0.05) is 20.8 Å². The van der Waals surface area contributed by atoms with E-state index >= 15 is 0 Å². The van der Waals surface area contributed by atoms with E-state index in [2.05, 4.69) is 20.8 Å². The fraction of sp³-hybridized carbons (Fsp3) is 1.00. The Morgan fingerprint density at radius 3 is 2.23 bits per heavy atom. The van der Waals surface area contributed by atoms with Crippen molar-refractivity contribution in [3.05, 3.63) is 0 Å². The van der Waals surface area contributed by atoms with E-state index in [1.807, 2.05) is 13.1 Å². The van der Waals surface area contributed by atoms with Crippen LogP contribution in [0.1, 0.15) is 40.0 Å². The molecule has 1 radical (unpaired) electrons. The summed E-state index contributed by atoms with van der Waals surface area (Å²) in [5, 5.41) is 11.2. The Balaban J connectivity index is 3.42. The minimum atomic E-state index is -1.13. The van der Waals surface area contributed by atoms with Crippen LogP contribution in [0.2, 0.25) is 13.1 Å². The fourth-order valence-corrected chi connectivity index (χ4v) is 1.91. The molecule has 2 nitrogen and oxygen atoms in total. The second-order valence-corrected chi connectivity index (χ2v) is 7.44. The number of hydrogen-bond donors (Lipinski definition) is 0. The third-order valence-corrected chi connectivity index (χ3v) is 2.64. The number of hydrogen-bond acceptors (Lipinski definition) is 1. The molecule has 0 aromatic carbocycles. The van der Waals surface area contributed by atoms with Crippen molar-refractivity contribution in [2.24, 2.45) is 5.41 Å². The highest BCUT2D eigenvalue weighted by Gasteiger charge is 2.13. The fourth-order valence-electron chi connectivity index (χ4n) is 1.17. The molecule has 0 saturated heterocycles. The molecule has 0 fully saturated rings. The van der Waals surface area contributed by atoms with Crippen LogP contribution in [0, 0.1) is 5.41 Å². The molecule has 0 aliphatic rings. The van der Waals surface area contributed by atoms with E-state index in [1.165, 1.54) is 0 Å². The highest BCUT2D eigenvalue weighted by atomic mass is 28.3. The molecule has 0 saturated carbocycles. The third-order valence-electron chi connectivity index (χ3n) is 1.79. The Kier molecular flexibility index (Phi) is 5.84. The smallest absolute Gasteiger partial charge is 0.182 e. The van der Waals surface area contributed by atoms with Gasteiger partial charge in [-0.15, -0.1) is 0 Å². The summed E-state index contributed by atoms with van der Waals surface area (Å²) >= 11 is 0. The molecule has 0 aromatic heterocycles. The summed E-state index contributed by atoms with van der Waals surface area (Å²) in [5.74, 6) is 0. The van der Waals surface area contributed by atoms with Gasteiger partial charge in [0.2, 0.25) is 0 Å². The van der Waals surface area contributed by atoms with Gasteiger partial charge >= 0.3 is 0 Å². The quantitative estimate of drug-likeness (QED) is 0.499. The summed E-state index contributed by atoms with van der Waals surface area (Å²) in [4.78, 5) is 0. The first-order chi connectivity index (χ1) is 5.81. The van der Waals surface area contributed by atoms with Crippen LogP contribution in [0.15, 0.2) is 0 Å². The van der Waals surface area contributed by atoms with Crippen molar-refractivity contribution in [2.75, 3.05) is 0 Å². The van der Waals surface area contributed by atoms with E-state index in [4.69, 9.17) is 4.43 Å². The minimum Gasteiger partial charge on any atom is -0.394 e. The monoisotopic (exact) mass is 203 g/mol. The molecule has 3 heteroatoms. The first kappa shape index (κ1) is 13.1. The van der Waals surface area contributed by atoms with Crippen LogP contribution in [-0.2, 0) is 9.53 Å². The molecule has 79 valence electrons. The Hall–Kier alpha value is 0.137. The summed E-state index contributed by atoms with van der Waals surface area (Å²) in [7, 11) is -1.13. The topological polar surface area (TPSA) is 29.1 Å². The maximum absolute atomic E-state index is 11.2. The summed E-state index contributed by atoms with van der Waals surface area (Å²) in [6, 6.07) is 0. The van der Waals surface area contributed by atoms with E-state index in [0.717, 1.165) is 12.8 Å². The SMILES string of the molecule is C[SiH](C)OC([O])CCCC(C)(C)C. The average Bonchev–Trinajstić information content (AvgIpc) is 1.81. The molecule has 13 heavy (non-hydrogen) atoms.